The maximum Gasteiger partial charge on any atom is 0.219 e. The van der Waals surface area contributed by atoms with Crippen molar-refractivity contribution in [3.63, 3.8) is 0 Å². The van der Waals surface area contributed by atoms with Crippen molar-refractivity contribution in [2.75, 3.05) is 13.1 Å². The lowest BCUT2D eigenvalue weighted by atomic mass is 10.2. The third-order valence-corrected chi connectivity index (χ3v) is 3.34. The van der Waals surface area contributed by atoms with E-state index in [4.69, 9.17) is 0 Å². The van der Waals surface area contributed by atoms with E-state index in [9.17, 15) is 9.90 Å². The zero-order chi connectivity index (χ0) is 11.3. The maximum atomic E-state index is 11.1. The smallest absolute Gasteiger partial charge is 0.219 e. The molecule has 0 aromatic carbocycles. The summed E-state index contributed by atoms with van der Waals surface area (Å²) in [6.45, 7) is 4.82. The van der Waals surface area contributed by atoms with Gasteiger partial charge < -0.3 is 10.0 Å². The van der Waals surface area contributed by atoms with Gasteiger partial charge in [-0.1, -0.05) is 6.07 Å². The molecule has 0 aliphatic rings. The van der Waals surface area contributed by atoms with E-state index in [0.29, 0.717) is 19.5 Å². The molecule has 0 aliphatic heterocycles. The molecule has 1 amide bonds. The minimum Gasteiger partial charge on any atom is -0.388 e. The fourth-order valence-corrected chi connectivity index (χ4v) is 2.19. The van der Waals surface area contributed by atoms with Gasteiger partial charge in [0.05, 0.1) is 6.10 Å². The molecular formula is C11H17NO2S. The van der Waals surface area contributed by atoms with Crippen LogP contribution in [0.2, 0.25) is 0 Å². The van der Waals surface area contributed by atoms with E-state index < -0.39 is 6.10 Å². The predicted molar refractivity (Wildman–Crippen MR) is 61.8 cm³/mol. The van der Waals surface area contributed by atoms with Gasteiger partial charge in [0.25, 0.3) is 0 Å². The normalized spacial score (nSPS) is 12.5. The number of nitrogens with zero attached hydrogens (tertiary/aromatic N) is 1. The Bertz CT molecular complexity index is 298. The van der Waals surface area contributed by atoms with Gasteiger partial charge in [-0.05, 0) is 24.8 Å². The molecule has 1 heterocycles. The van der Waals surface area contributed by atoms with E-state index in [-0.39, 0.29) is 5.91 Å². The lowest BCUT2D eigenvalue weighted by Gasteiger charge is -2.20. The number of rotatable bonds is 5. The van der Waals surface area contributed by atoms with Crippen molar-refractivity contribution in [1.82, 2.24) is 4.90 Å². The summed E-state index contributed by atoms with van der Waals surface area (Å²) in [5.74, 6) is 0.0656. The Morgan fingerprint density at radius 1 is 1.67 bits per heavy atom. The molecule has 15 heavy (non-hydrogen) atoms. The molecule has 0 radical (unpaired) electrons. The van der Waals surface area contributed by atoms with Crippen LogP contribution in [0.5, 0.6) is 0 Å². The highest BCUT2D eigenvalue weighted by atomic mass is 32.1. The summed E-state index contributed by atoms with van der Waals surface area (Å²) in [5, 5.41) is 11.8. The molecule has 84 valence electrons. The van der Waals surface area contributed by atoms with Gasteiger partial charge in [-0.2, -0.15) is 0 Å². The molecule has 1 aromatic rings. The van der Waals surface area contributed by atoms with Crippen LogP contribution in [0.15, 0.2) is 17.5 Å². The van der Waals surface area contributed by atoms with Crippen LogP contribution in [0, 0.1) is 0 Å². The second kappa shape index (κ2) is 5.88. The average Bonchev–Trinajstić information content (AvgIpc) is 2.70. The molecule has 1 aromatic heterocycles. The molecule has 0 unspecified atom stereocenters. The molecule has 0 bridgehead atoms. The highest BCUT2D eigenvalue weighted by molar-refractivity contribution is 7.10. The van der Waals surface area contributed by atoms with Crippen molar-refractivity contribution in [2.24, 2.45) is 0 Å². The monoisotopic (exact) mass is 227 g/mol. The molecule has 3 nitrogen and oxygen atoms in total. The number of aliphatic hydroxyl groups excluding tert-OH is 1. The Morgan fingerprint density at radius 2 is 2.40 bits per heavy atom. The Kier molecular flexibility index (Phi) is 4.78. The van der Waals surface area contributed by atoms with Gasteiger partial charge in [0.15, 0.2) is 0 Å². The predicted octanol–water partition coefficient (Wildman–Crippen LogP) is 2.04. The largest absolute Gasteiger partial charge is 0.388 e. The zero-order valence-electron chi connectivity index (χ0n) is 9.14. The quantitative estimate of drug-likeness (QED) is 0.836. The number of carbonyl (C=O) groups is 1. The molecule has 1 atom stereocenters. The summed E-state index contributed by atoms with van der Waals surface area (Å²) in [5.41, 5.74) is 0. The van der Waals surface area contributed by atoms with E-state index in [1.807, 2.05) is 24.4 Å². The summed E-state index contributed by atoms with van der Waals surface area (Å²) >= 11 is 1.55. The van der Waals surface area contributed by atoms with Crippen molar-refractivity contribution in [1.29, 1.82) is 0 Å². The number of hydrogen-bond donors (Lipinski definition) is 1. The lowest BCUT2D eigenvalue weighted by Crippen LogP contribution is -2.30. The zero-order valence-corrected chi connectivity index (χ0v) is 9.96. The second-order valence-electron chi connectivity index (χ2n) is 3.42. The van der Waals surface area contributed by atoms with Crippen LogP contribution in [0.1, 0.15) is 31.2 Å². The van der Waals surface area contributed by atoms with Gasteiger partial charge in [-0.25, -0.2) is 0 Å². The fraction of sp³-hybridized carbons (Fsp3) is 0.545. The van der Waals surface area contributed by atoms with Crippen LogP contribution >= 0.6 is 11.3 Å². The van der Waals surface area contributed by atoms with Crippen LogP contribution in [-0.2, 0) is 4.79 Å². The van der Waals surface area contributed by atoms with Gasteiger partial charge in [0.2, 0.25) is 5.91 Å². The molecule has 0 fully saturated rings. The number of amides is 1. The number of carbonyl (C=O) groups excluding carboxylic acids is 1. The first-order valence-electron chi connectivity index (χ1n) is 5.12. The van der Waals surface area contributed by atoms with E-state index in [1.54, 1.807) is 23.2 Å². The summed E-state index contributed by atoms with van der Waals surface area (Å²) in [7, 11) is 0. The van der Waals surface area contributed by atoms with E-state index in [2.05, 4.69) is 0 Å². The van der Waals surface area contributed by atoms with Gasteiger partial charge in [-0.15, -0.1) is 11.3 Å². The maximum absolute atomic E-state index is 11.1. The van der Waals surface area contributed by atoms with Crippen molar-refractivity contribution in [2.45, 2.75) is 26.4 Å². The van der Waals surface area contributed by atoms with Crippen molar-refractivity contribution >= 4 is 17.2 Å². The van der Waals surface area contributed by atoms with E-state index >= 15 is 0 Å². The van der Waals surface area contributed by atoms with Gasteiger partial charge in [-0.3, -0.25) is 4.79 Å². The highest BCUT2D eigenvalue weighted by Gasteiger charge is 2.12. The lowest BCUT2D eigenvalue weighted by molar-refractivity contribution is -0.128. The molecule has 0 saturated carbocycles. The fourth-order valence-electron chi connectivity index (χ4n) is 1.44. The SMILES string of the molecule is CCN(CC[C@H](O)c1cccs1)C(C)=O. The number of aliphatic hydroxyl groups is 1. The van der Waals surface area contributed by atoms with Crippen LogP contribution in [-0.4, -0.2) is 29.0 Å². The Labute approximate surface area is 94.3 Å². The third-order valence-electron chi connectivity index (χ3n) is 2.37. The van der Waals surface area contributed by atoms with Gasteiger partial charge in [0.1, 0.15) is 0 Å². The standard InChI is InChI=1S/C11H17NO2S/c1-3-12(9(2)13)7-6-10(14)11-5-4-8-15-11/h4-5,8,10,14H,3,6-7H2,1-2H3/t10-/m0/s1. The van der Waals surface area contributed by atoms with Crippen molar-refractivity contribution < 1.29 is 9.90 Å². The number of hydrogen-bond acceptors (Lipinski definition) is 3. The first kappa shape index (κ1) is 12.2. The Hall–Kier alpha value is -0.870. The summed E-state index contributed by atoms with van der Waals surface area (Å²) < 4.78 is 0. The minimum absolute atomic E-state index is 0.0656. The molecule has 0 saturated heterocycles. The third kappa shape index (κ3) is 3.64. The molecule has 1 N–H and O–H groups in total. The molecule has 1 rings (SSSR count). The second-order valence-corrected chi connectivity index (χ2v) is 4.40. The molecular weight excluding hydrogens is 210 g/mol. The summed E-state index contributed by atoms with van der Waals surface area (Å²) in [6.07, 6.45) is 0.159. The summed E-state index contributed by atoms with van der Waals surface area (Å²) in [6, 6.07) is 3.84. The van der Waals surface area contributed by atoms with Crippen LogP contribution < -0.4 is 0 Å². The molecule has 4 heteroatoms. The molecule has 0 spiro atoms. The first-order valence-corrected chi connectivity index (χ1v) is 6.00. The Morgan fingerprint density at radius 3 is 2.87 bits per heavy atom. The first-order chi connectivity index (χ1) is 7.15. The molecule has 0 aliphatic carbocycles. The van der Waals surface area contributed by atoms with Crippen LogP contribution in [0.25, 0.3) is 0 Å². The highest BCUT2D eigenvalue weighted by Crippen LogP contribution is 2.21. The minimum atomic E-state index is -0.446. The average molecular weight is 227 g/mol. The van der Waals surface area contributed by atoms with E-state index in [0.717, 1.165) is 4.88 Å². The van der Waals surface area contributed by atoms with Crippen molar-refractivity contribution in [3.05, 3.63) is 22.4 Å². The van der Waals surface area contributed by atoms with Gasteiger partial charge >= 0.3 is 0 Å². The summed E-state index contributed by atoms with van der Waals surface area (Å²) in [4.78, 5) is 13.8. The van der Waals surface area contributed by atoms with E-state index in [1.165, 1.54) is 0 Å². The topological polar surface area (TPSA) is 40.5 Å². The Balaban J connectivity index is 2.39. The van der Waals surface area contributed by atoms with Crippen molar-refractivity contribution in [3.8, 4) is 0 Å². The van der Waals surface area contributed by atoms with Crippen LogP contribution in [0.4, 0.5) is 0 Å². The van der Waals surface area contributed by atoms with Crippen LogP contribution in [0.3, 0.4) is 0 Å². The number of thiophene rings is 1. The van der Waals surface area contributed by atoms with Gasteiger partial charge in [0, 0.05) is 24.9 Å².